The van der Waals surface area contributed by atoms with E-state index >= 15 is 0 Å². The second-order valence-electron chi connectivity index (χ2n) is 6.72. The van der Waals surface area contributed by atoms with Crippen LogP contribution in [0.15, 0.2) is 22.7 Å². The largest absolute Gasteiger partial charge is 0.445 e. The van der Waals surface area contributed by atoms with Crippen molar-refractivity contribution >= 4 is 5.91 Å². The first kappa shape index (κ1) is 18.0. The van der Waals surface area contributed by atoms with E-state index in [4.69, 9.17) is 9.15 Å². The molecule has 0 atom stereocenters. The lowest BCUT2D eigenvalue weighted by Crippen LogP contribution is -2.36. The Hall–Kier alpha value is -2.42. The number of carbonyl (C=O) groups excluding carboxylic acids is 1. The van der Waals surface area contributed by atoms with Gasteiger partial charge in [0.15, 0.2) is 5.89 Å². The number of oxazole rings is 1. The number of rotatable bonds is 2. The lowest BCUT2D eigenvalue weighted by Gasteiger charge is -2.25. The van der Waals surface area contributed by atoms with Crippen LogP contribution >= 0.6 is 0 Å². The van der Waals surface area contributed by atoms with Gasteiger partial charge >= 0.3 is 6.18 Å². The zero-order valence-electron chi connectivity index (χ0n) is 14.5. The minimum atomic E-state index is -4.52. The second kappa shape index (κ2) is 6.95. The summed E-state index contributed by atoms with van der Waals surface area (Å²) in [6, 6.07) is 1.98. The number of nitrogens with zero attached hydrogens (tertiary/aromatic N) is 3. The molecule has 0 radical (unpaired) electrons. The number of carbonyl (C=O) groups is 1. The number of hydrogen-bond donors (Lipinski definition) is 0. The molecule has 2 aromatic rings. The molecule has 0 aliphatic carbocycles. The van der Waals surface area contributed by atoms with E-state index in [1.54, 1.807) is 4.90 Å². The number of fused-ring (bicyclic) bond motifs is 1. The number of aromatic nitrogens is 2. The summed E-state index contributed by atoms with van der Waals surface area (Å²) in [6.07, 6.45) is -1.30. The third kappa shape index (κ3) is 3.69. The summed E-state index contributed by atoms with van der Waals surface area (Å²) >= 11 is 0. The van der Waals surface area contributed by atoms with Crippen LogP contribution in [0.5, 0.6) is 0 Å². The van der Waals surface area contributed by atoms with Crippen LogP contribution in [0.4, 0.5) is 13.2 Å². The van der Waals surface area contributed by atoms with Crippen LogP contribution < -0.4 is 0 Å². The minimum absolute atomic E-state index is 0.125. The number of alkyl halides is 3. The van der Waals surface area contributed by atoms with Gasteiger partial charge in [-0.3, -0.25) is 9.78 Å². The van der Waals surface area contributed by atoms with E-state index in [2.05, 4.69) is 9.97 Å². The highest BCUT2D eigenvalue weighted by Crippen LogP contribution is 2.31. The minimum Gasteiger partial charge on any atom is -0.445 e. The van der Waals surface area contributed by atoms with Crippen LogP contribution in [0, 0.1) is 0 Å². The highest BCUT2D eigenvalue weighted by Gasteiger charge is 2.33. The standard InChI is InChI=1S/C18H18F3N3O3/c19-18(20,21)15-2-1-12(9-22-15)17(25)24-6-3-14-13(10-24)23-16(27-14)11-4-7-26-8-5-11/h1-2,9,11H,3-8,10H2. The zero-order chi connectivity index (χ0) is 19.0. The van der Waals surface area contributed by atoms with Crippen molar-refractivity contribution in [2.24, 2.45) is 0 Å². The lowest BCUT2D eigenvalue weighted by atomic mass is 10.0. The van der Waals surface area contributed by atoms with Gasteiger partial charge in [-0.25, -0.2) is 4.98 Å². The topological polar surface area (TPSA) is 68.5 Å². The Morgan fingerprint density at radius 1 is 1.22 bits per heavy atom. The van der Waals surface area contributed by atoms with Crippen LogP contribution in [0.2, 0.25) is 0 Å². The molecule has 4 rings (SSSR count). The molecule has 144 valence electrons. The quantitative estimate of drug-likeness (QED) is 0.799. The fourth-order valence-electron chi connectivity index (χ4n) is 3.38. The van der Waals surface area contributed by atoms with Gasteiger partial charge in [0.05, 0.1) is 12.1 Å². The van der Waals surface area contributed by atoms with Crippen LogP contribution in [-0.2, 0) is 23.9 Å². The highest BCUT2D eigenvalue weighted by molar-refractivity contribution is 5.94. The summed E-state index contributed by atoms with van der Waals surface area (Å²) in [5.74, 6) is 1.34. The van der Waals surface area contributed by atoms with E-state index in [1.165, 1.54) is 0 Å². The first-order valence-corrected chi connectivity index (χ1v) is 8.80. The van der Waals surface area contributed by atoms with Crippen LogP contribution in [0.1, 0.15) is 52.2 Å². The van der Waals surface area contributed by atoms with Crippen molar-refractivity contribution in [3.63, 3.8) is 0 Å². The van der Waals surface area contributed by atoms with Gasteiger partial charge in [0.1, 0.15) is 17.1 Å². The van der Waals surface area contributed by atoms with Gasteiger partial charge < -0.3 is 14.1 Å². The van der Waals surface area contributed by atoms with Gasteiger partial charge in [-0.15, -0.1) is 0 Å². The molecule has 0 N–H and O–H groups in total. The Morgan fingerprint density at radius 3 is 2.67 bits per heavy atom. The molecule has 27 heavy (non-hydrogen) atoms. The van der Waals surface area contributed by atoms with E-state index in [0.717, 1.165) is 42.6 Å². The van der Waals surface area contributed by atoms with Gasteiger partial charge in [-0.05, 0) is 25.0 Å². The van der Waals surface area contributed by atoms with Gasteiger partial charge in [-0.1, -0.05) is 0 Å². The van der Waals surface area contributed by atoms with Gasteiger partial charge in [-0.2, -0.15) is 13.2 Å². The van der Waals surface area contributed by atoms with E-state index in [-0.39, 0.29) is 23.9 Å². The van der Waals surface area contributed by atoms with Crippen molar-refractivity contribution in [2.75, 3.05) is 19.8 Å². The van der Waals surface area contributed by atoms with Crippen molar-refractivity contribution < 1.29 is 27.1 Å². The summed E-state index contributed by atoms with van der Waals surface area (Å²) in [6.45, 7) is 2.07. The van der Waals surface area contributed by atoms with E-state index < -0.39 is 11.9 Å². The first-order valence-electron chi connectivity index (χ1n) is 8.80. The molecule has 1 fully saturated rings. The SMILES string of the molecule is O=C(c1ccc(C(F)(F)F)nc1)N1CCc2oc(C3CCOCC3)nc2C1. The molecule has 0 spiro atoms. The third-order valence-corrected chi connectivity index (χ3v) is 4.90. The Bertz CT molecular complexity index is 827. The highest BCUT2D eigenvalue weighted by atomic mass is 19.4. The van der Waals surface area contributed by atoms with Crippen LogP contribution in [0.25, 0.3) is 0 Å². The molecule has 6 nitrogen and oxygen atoms in total. The number of ether oxygens (including phenoxy) is 1. The van der Waals surface area contributed by atoms with Gasteiger partial charge in [0.25, 0.3) is 5.91 Å². The first-order chi connectivity index (χ1) is 12.9. The van der Waals surface area contributed by atoms with Gasteiger partial charge in [0, 0.05) is 38.3 Å². The predicted molar refractivity (Wildman–Crippen MR) is 87.0 cm³/mol. The molecule has 0 saturated carbocycles. The maximum absolute atomic E-state index is 12.6. The summed E-state index contributed by atoms with van der Waals surface area (Å²) in [5.41, 5.74) is -0.173. The number of hydrogen-bond acceptors (Lipinski definition) is 5. The lowest BCUT2D eigenvalue weighted by molar-refractivity contribution is -0.141. The summed E-state index contributed by atoms with van der Waals surface area (Å²) in [7, 11) is 0. The molecule has 1 saturated heterocycles. The Labute approximate surface area is 153 Å². The van der Waals surface area contributed by atoms with Gasteiger partial charge in [0.2, 0.25) is 0 Å². The average molecular weight is 381 g/mol. The Kier molecular flexibility index (Phi) is 4.63. The molecule has 2 aromatic heterocycles. The van der Waals surface area contributed by atoms with Crippen molar-refractivity contribution in [2.45, 2.75) is 37.9 Å². The molecule has 0 aromatic carbocycles. The van der Waals surface area contributed by atoms with E-state index in [9.17, 15) is 18.0 Å². The number of pyridine rings is 1. The fourth-order valence-corrected chi connectivity index (χ4v) is 3.38. The normalized spacial score (nSPS) is 18.4. The monoisotopic (exact) mass is 381 g/mol. The van der Waals surface area contributed by atoms with Crippen LogP contribution in [-0.4, -0.2) is 40.5 Å². The molecule has 1 amide bonds. The Morgan fingerprint density at radius 2 is 2.00 bits per heavy atom. The molecule has 2 aliphatic rings. The second-order valence-corrected chi connectivity index (χ2v) is 6.72. The Balaban J connectivity index is 1.47. The van der Waals surface area contributed by atoms with Crippen molar-refractivity contribution in [1.82, 2.24) is 14.9 Å². The summed E-state index contributed by atoms with van der Waals surface area (Å²) in [4.78, 5) is 22.1. The molecule has 9 heteroatoms. The smallest absolute Gasteiger partial charge is 0.433 e. The molecular weight excluding hydrogens is 363 g/mol. The van der Waals surface area contributed by atoms with Crippen molar-refractivity contribution in [1.29, 1.82) is 0 Å². The summed E-state index contributed by atoms with van der Waals surface area (Å²) in [5, 5.41) is 0. The van der Waals surface area contributed by atoms with E-state index in [1.807, 2.05) is 0 Å². The molecule has 2 aliphatic heterocycles. The number of amides is 1. The van der Waals surface area contributed by atoms with Crippen molar-refractivity contribution in [3.05, 3.63) is 46.9 Å². The van der Waals surface area contributed by atoms with Crippen LogP contribution in [0.3, 0.4) is 0 Å². The van der Waals surface area contributed by atoms with E-state index in [0.29, 0.717) is 32.1 Å². The molecular formula is C18H18F3N3O3. The van der Waals surface area contributed by atoms with Crippen molar-refractivity contribution in [3.8, 4) is 0 Å². The number of halogens is 3. The average Bonchev–Trinajstić information content (AvgIpc) is 3.11. The summed E-state index contributed by atoms with van der Waals surface area (Å²) < 4.78 is 49.1. The maximum atomic E-state index is 12.6. The molecule has 0 unspecified atom stereocenters. The molecule has 4 heterocycles. The third-order valence-electron chi connectivity index (χ3n) is 4.90. The zero-order valence-corrected chi connectivity index (χ0v) is 14.5. The molecule has 0 bridgehead atoms. The fraction of sp³-hybridized carbons (Fsp3) is 0.500. The predicted octanol–water partition coefficient (Wildman–Crippen LogP) is 3.18. The maximum Gasteiger partial charge on any atom is 0.433 e.